The minimum Gasteiger partial charge on any atom is -0.461 e. The Kier molecular flexibility index (Phi) is 8.06. The Hall–Kier alpha value is -3.06. The summed E-state index contributed by atoms with van der Waals surface area (Å²) in [7, 11) is 0. The Morgan fingerprint density at radius 1 is 1.09 bits per heavy atom. The van der Waals surface area contributed by atoms with E-state index in [4.69, 9.17) is 4.74 Å². The Bertz CT molecular complexity index is 972. The average molecular weight is 464 g/mol. The number of esters is 1. The van der Waals surface area contributed by atoms with Crippen LogP contribution in [-0.2, 0) is 19.7 Å². The summed E-state index contributed by atoms with van der Waals surface area (Å²) in [5.41, 5.74) is 1.67. The number of nitrogens with zero attached hydrogens (tertiary/aromatic N) is 2. The maximum Gasteiger partial charge on any atom is 0.316 e. The number of nitrogens with one attached hydrogen (secondary N) is 1. The second-order valence-electron chi connectivity index (χ2n) is 9.50. The van der Waals surface area contributed by atoms with Crippen molar-refractivity contribution in [3.63, 3.8) is 0 Å². The molecular formula is C27H35N4O3+. The molecular weight excluding hydrogens is 428 g/mol. The molecule has 3 N–H and O–H groups in total. The minimum absolute atomic E-state index is 0.0737. The van der Waals surface area contributed by atoms with E-state index in [0.29, 0.717) is 12.4 Å². The van der Waals surface area contributed by atoms with E-state index in [1.165, 1.54) is 12.8 Å². The third-order valence-electron chi connectivity index (χ3n) is 7.22. The van der Waals surface area contributed by atoms with Crippen molar-refractivity contribution in [3.05, 3.63) is 66.4 Å². The molecule has 2 aliphatic rings. The number of hydrogen-bond donors (Lipinski definition) is 2. The summed E-state index contributed by atoms with van der Waals surface area (Å²) < 4.78 is 6.17. The van der Waals surface area contributed by atoms with Gasteiger partial charge in [0.1, 0.15) is 6.10 Å². The van der Waals surface area contributed by atoms with Crippen molar-refractivity contribution in [2.24, 2.45) is 5.92 Å². The molecule has 2 unspecified atom stereocenters. The molecule has 7 heteroatoms. The van der Waals surface area contributed by atoms with Crippen LogP contribution < -0.4 is 10.6 Å². The Balaban J connectivity index is 1.29. The monoisotopic (exact) mass is 463 g/mol. The number of carbonyl (C=O) groups is 2. The number of benzene rings is 1. The van der Waals surface area contributed by atoms with E-state index >= 15 is 0 Å². The number of amides is 1. The summed E-state index contributed by atoms with van der Waals surface area (Å²) in [6.45, 7) is 5.23. The van der Waals surface area contributed by atoms with Gasteiger partial charge in [-0.3, -0.25) is 9.59 Å². The van der Waals surface area contributed by atoms with Crippen LogP contribution in [0.1, 0.15) is 56.9 Å². The molecule has 0 radical (unpaired) electrons. The van der Waals surface area contributed by atoms with Gasteiger partial charge in [-0.2, -0.15) is 5.10 Å². The molecule has 2 aliphatic carbocycles. The zero-order valence-electron chi connectivity index (χ0n) is 19.7. The fraction of sp³-hybridized carbons (Fsp3) is 0.481. The van der Waals surface area contributed by atoms with E-state index in [1.807, 2.05) is 23.5 Å². The first-order chi connectivity index (χ1) is 16.6. The van der Waals surface area contributed by atoms with Gasteiger partial charge in [-0.15, -0.1) is 5.10 Å². The molecule has 1 amide bonds. The van der Waals surface area contributed by atoms with E-state index in [0.717, 1.165) is 56.2 Å². The predicted molar refractivity (Wildman–Crippen MR) is 130 cm³/mol. The highest BCUT2D eigenvalue weighted by Gasteiger charge is 2.45. The largest absolute Gasteiger partial charge is 0.461 e. The normalized spacial score (nSPS) is 21.7. The molecule has 34 heavy (non-hydrogen) atoms. The van der Waals surface area contributed by atoms with E-state index < -0.39 is 5.41 Å². The first-order valence-corrected chi connectivity index (χ1v) is 12.4. The van der Waals surface area contributed by atoms with Crippen LogP contribution in [0.3, 0.4) is 0 Å². The third kappa shape index (κ3) is 5.70. The summed E-state index contributed by atoms with van der Waals surface area (Å²) in [6.07, 6.45) is 9.15. The van der Waals surface area contributed by atoms with Crippen LogP contribution in [0.15, 0.2) is 60.8 Å². The summed E-state index contributed by atoms with van der Waals surface area (Å²) >= 11 is 0. The lowest BCUT2D eigenvalue weighted by atomic mass is 9.72. The van der Waals surface area contributed by atoms with E-state index in [-0.39, 0.29) is 23.9 Å². The standard InChI is InChI=1S/C27H34N4O3/c1-20-18-23(22(20)13-17-28-19-25(32)30-24-12-9-16-29-31-24)34-26(33)27(14-7-2-3-8-15-27)21-10-5-4-6-11-21/h4-6,9-12,16,22-23,28H,1-3,7-8,13-15,17-19H2,(H,30,31,32)/p+1. The molecule has 0 aliphatic heterocycles. The fourth-order valence-electron chi connectivity index (χ4n) is 5.21. The molecule has 7 nitrogen and oxygen atoms in total. The number of carbonyl (C=O) groups excluding carboxylic acids is 2. The number of nitrogens with two attached hydrogens (primary N) is 1. The van der Waals surface area contributed by atoms with Gasteiger partial charge in [0.05, 0.1) is 12.0 Å². The molecule has 1 aromatic carbocycles. The predicted octanol–water partition coefficient (Wildman–Crippen LogP) is 3.15. The van der Waals surface area contributed by atoms with Gasteiger partial charge in [-0.25, -0.2) is 0 Å². The number of anilines is 1. The maximum atomic E-state index is 13.6. The second kappa shape index (κ2) is 11.4. The number of ether oxygens (including phenoxy) is 1. The van der Waals surface area contributed by atoms with Crippen molar-refractivity contribution in [3.8, 4) is 0 Å². The van der Waals surface area contributed by atoms with Gasteiger partial charge >= 0.3 is 5.97 Å². The summed E-state index contributed by atoms with van der Waals surface area (Å²) in [6, 6.07) is 13.6. The molecule has 0 bridgehead atoms. The molecule has 2 saturated carbocycles. The summed E-state index contributed by atoms with van der Waals surface area (Å²) in [5.74, 6) is 0.414. The number of rotatable bonds is 9. The lowest BCUT2D eigenvalue weighted by molar-refractivity contribution is -0.644. The van der Waals surface area contributed by atoms with Crippen molar-refractivity contribution in [1.82, 2.24) is 10.2 Å². The molecule has 1 heterocycles. The summed E-state index contributed by atoms with van der Waals surface area (Å²) in [4.78, 5) is 25.7. The number of aromatic nitrogens is 2. The van der Waals surface area contributed by atoms with E-state index in [9.17, 15) is 9.59 Å². The lowest BCUT2D eigenvalue weighted by Crippen LogP contribution is -2.86. The fourth-order valence-corrected chi connectivity index (χ4v) is 5.21. The van der Waals surface area contributed by atoms with Gasteiger partial charge in [0.15, 0.2) is 12.4 Å². The molecule has 0 spiro atoms. The first-order valence-electron chi connectivity index (χ1n) is 12.4. The van der Waals surface area contributed by atoms with Crippen LogP contribution >= 0.6 is 0 Å². The lowest BCUT2D eigenvalue weighted by Gasteiger charge is -2.41. The Morgan fingerprint density at radius 2 is 1.85 bits per heavy atom. The minimum atomic E-state index is -0.538. The van der Waals surface area contributed by atoms with E-state index in [2.05, 4.69) is 34.2 Å². The SMILES string of the molecule is C=C1CC(OC(=O)C2(c3ccccc3)CCCCCC2)C1CC[NH2+]CC(=O)Nc1cccnn1. The van der Waals surface area contributed by atoms with Gasteiger partial charge in [-0.05, 0) is 30.5 Å². The molecule has 2 fully saturated rings. The van der Waals surface area contributed by atoms with E-state index in [1.54, 1.807) is 18.3 Å². The first kappa shape index (κ1) is 24.1. The highest BCUT2D eigenvalue weighted by molar-refractivity contribution is 5.90. The smallest absolute Gasteiger partial charge is 0.316 e. The molecule has 2 aromatic rings. The molecule has 0 saturated heterocycles. The van der Waals surface area contributed by atoms with Crippen LogP contribution in [0.4, 0.5) is 5.82 Å². The van der Waals surface area contributed by atoms with Crippen LogP contribution in [0.2, 0.25) is 0 Å². The van der Waals surface area contributed by atoms with Gasteiger partial charge in [0, 0.05) is 25.0 Å². The van der Waals surface area contributed by atoms with Crippen molar-refractivity contribution < 1.29 is 19.6 Å². The van der Waals surface area contributed by atoms with Gasteiger partial charge in [0.25, 0.3) is 5.91 Å². The van der Waals surface area contributed by atoms with Gasteiger partial charge in [0.2, 0.25) is 0 Å². The van der Waals surface area contributed by atoms with Crippen LogP contribution in [-0.4, -0.2) is 41.3 Å². The van der Waals surface area contributed by atoms with Crippen LogP contribution in [0, 0.1) is 5.92 Å². The number of quaternary nitrogens is 1. The molecule has 1 aromatic heterocycles. The molecule has 4 rings (SSSR count). The molecule has 180 valence electrons. The summed E-state index contributed by atoms with van der Waals surface area (Å²) in [5, 5.41) is 12.3. The quantitative estimate of drug-likeness (QED) is 0.258. The Morgan fingerprint density at radius 3 is 2.53 bits per heavy atom. The highest BCUT2D eigenvalue weighted by Crippen LogP contribution is 2.43. The molecule has 2 atom stereocenters. The average Bonchev–Trinajstić information content (AvgIpc) is 3.12. The zero-order chi connectivity index (χ0) is 23.8. The van der Waals surface area contributed by atoms with Crippen molar-refractivity contribution in [2.75, 3.05) is 18.4 Å². The van der Waals surface area contributed by atoms with Gasteiger partial charge in [-0.1, -0.05) is 68.2 Å². The Labute approximate surface area is 201 Å². The zero-order valence-corrected chi connectivity index (χ0v) is 19.7. The van der Waals surface area contributed by atoms with Gasteiger partial charge < -0.3 is 15.4 Å². The maximum absolute atomic E-state index is 13.6. The van der Waals surface area contributed by atoms with Crippen molar-refractivity contribution in [1.29, 1.82) is 0 Å². The topological polar surface area (TPSA) is 97.8 Å². The number of hydrogen-bond acceptors (Lipinski definition) is 5. The van der Waals surface area contributed by atoms with Crippen molar-refractivity contribution >= 4 is 17.7 Å². The highest BCUT2D eigenvalue weighted by atomic mass is 16.5. The third-order valence-corrected chi connectivity index (χ3v) is 7.22. The van der Waals surface area contributed by atoms with Crippen LogP contribution in [0.25, 0.3) is 0 Å². The van der Waals surface area contributed by atoms with Crippen molar-refractivity contribution in [2.45, 2.75) is 62.9 Å². The second-order valence-corrected chi connectivity index (χ2v) is 9.50. The van der Waals surface area contributed by atoms with Crippen LogP contribution in [0.5, 0.6) is 0 Å².